The monoisotopic (exact) mass is 303 g/mol. The van der Waals surface area contributed by atoms with Crippen molar-refractivity contribution in [2.45, 2.75) is 12.0 Å². The molecule has 104 valence electrons. The number of hydrogen-bond acceptors (Lipinski definition) is 3. The standard InChI is InChI=1S/C13H15ClFNO2S/c1-18-13(5-6-19-8-13)7-16-12(17)11-9(14)3-2-4-10(11)15/h2-4H,5-8H2,1H3,(H,16,17)/t13-/m1/s1. The lowest BCUT2D eigenvalue weighted by molar-refractivity contribution is 0.0136. The van der Waals surface area contributed by atoms with E-state index in [1.807, 2.05) is 0 Å². The van der Waals surface area contributed by atoms with Gasteiger partial charge in [0.15, 0.2) is 0 Å². The average Bonchev–Trinajstić information content (AvgIpc) is 2.86. The molecule has 0 bridgehead atoms. The molecular formula is C13H15ClFNO2S. The van der Waals surface area contributed by atoms with Crippen LogP contribution in [-0.2, 0) is 4.74 Å². The van der Waals surface area contributed by atoms with E-state index < -0.39 is 11.7 Å². The number of methoxy groups -OCH3 is 1. The molecule has 0 spiro atoms. The second kappa shape index (κ2) is 6.11. The fourth-order valence-electron chi connectivity index (χ4n) is 2.01. The van der Waals surface area contributed by atoms with E-state index in [-0.39, 0.29) is 16.2 Å². The van der Waals surface area contributed by atoms with Gasteiger partial charge in [-0.3, -0.25) is 4.79 Å². The van der Waals surface area contributed by atoms with Crippen LogP contribution in [0.15, 0.2) is 18.2 Å². The summed E-state index contributed by atoms with van der Waals surface area (Å²) < 4.78 is 19.1. The Morgan fingerprint density at radius 1 is 1.63 bits per heavy atom. The summed E-state index contributed by atoms with van der Waals surface area (Å²) in [6, 6.07) is 4.19. The molecular weight excluding hydrogens is 289 g/mol. The maximum atomic E-state index is 13.6. The van der Waals surface area contributed by atoms with E-state index >= 15 is 0 Å². The van der Waals surface area contributed by atoms with Gasteiger partial charge in [-0.1, -0.05) is 17.7 Å². The van der Waals surface area contributed by atoms with Gasteiger partial charge in [-0.15, -0.1) is 0 Å². The van der Waals surface area contributed by atoms with Crippen molar-refractivity contribution in [3.05, 3.63) is 34.6 Å². The van der Waals surface area contributed by atoms with Crippen LogP contribution in [0.2, 0.25) is 5.02 Å². The van der Waals surface area contributed by atoms with Crippen LogP contribution in [0.3, 0.4) is 0 Å². The second-order valence-electron chi connectivity index (χ2n) is 4.47. The Balaban J connectivity index is 2.05. The Kier molecular flexibility index (Phi) is 4.71. The largest absolute Gasteiger partial charge is 0.376 e. The number of hydrogen-bond donors (Lipinski definition) is 1. The van der Waals surface area contributed by atoms with E-state index in [0.29, 0.717) is 6.54 Å². The van der Waals surface area contributed by atoms with Gasteiger partial charge in [-0.05, 0) is 24.3 Å². The van der Waals surface area contributed by atoms with Crippen LogP contribution in [0.1, 0.15) is 16.8 Å². The third kappa shape index (κ3) is 3.22. The van der Waals surface area contributed by atoms with Crippen LogP contribution in [0, 0.1) is 5.82 Å². The Hall–Kier alpha value is -0.780. The van der Waals surface area contributed by atoms with Gasteiger partial charge in [0, 0.05) is 19.4 Å². The molecule has 0 aromatic heterocycles. The lowest BCUT2D eigenvalue weighted by Gasteiger charge is -2.26. The number of ether oxygens (including phenoxy) is 1. The first kappa shape index (κ1) is 14.6. The Bertz CT molecular complexity index is 457. The van der Waals surface area contributed by atoms with Gasteiger partial charge in [0.05, 0.1) is 16.2 Å². The molecule has 1 heterocycles. The molecule has 6 heteroatoms. The molecule has 0 unspecified atom stereocenters. The highest BCUT2D eigenvalue weighted by Crippen LogP contribution is 2.30. The lowest BCUT2D eigenvalue weighted by Crippen LogP contribution is -2.44. The van der Waals surface area contributed by atoms with Gasteiger partial charge in [0.1, 0.15) is 5.82 Å². The normalized spacial score (nSPS) is 22.5. The highest BCUT2D eigenvalue weighted by molar-refractivity contribution is 7.99. The molecule has 0 aliphatic carbocycles. The first-order chi connectivity index (χ1) is 9.08. The summed E-state index contributed by atoms with van der Waals surface area (Å²) in [6.45, 7) is 0.361. The Morgan fingerprint density at radius 3 is 3.00 bits per heavy atom. The van der Waals surface area contributed by atoms with Crippen LogP contribution in [-0.4, -0.2) is 36.7 Å². The van der Waals surface area contributed by atoms with Gasteiger partial charge in [-0.2, -0.15) is 11.8 Å². The highest BCUT2D eigenvalue weighted by Gasteiger charge is 2.35. The first-order valence-electron chi connectivity index (χ1n) is 5.93. The smallest absolute Gasteiger partial charge is 0.255 e. The first-order valence-corrected chi connectivity index (χ1v) is 7.46. The van der Waals surface area contributed by atoms with Gasteiger partial charge in [0.2, 0.25) is 0 Å². The zero-order valence-corrected chi connectivity index (χ0v) is 12.1. The van der Waals surface area contributed by atoms with Gasteiger partial charge in [-0.25, -0.2) is 4.39 Å². The molecule has 1 saturated heterocycles. The van der Waals surface area contributed by atoms with Gasteiger partial charge < -0.3 is 10.1 Å². The summed E-state index contributed by atoms with van der Waals surface area (Å²) >= 11 is 7.64. The summed E-state index contributed by atoms with van der Waals surface area (Å²) in [5, 5.41) is 2.83. The quantitative estimate of drug-likeness (QED) is 0.929. The second-order valence-corrected chi connectivity index (χ2v) is 5.98. The van der Waals surface area contributed by atoms with Crippen molar-refractivity contribution < 1.29 is 13.9 Å². The topological polar surface area (TPSA) is 38.3 Å². The SMILES string of the molecule is CO[C@@]1(CNC(=O)c2c(F)cccc2Cl)CCSC1. The maximum absolute atomic E-state index is 13.6. The molecule has 0 radical (unpaired) electrons. The number of rotatable bonds is 4. The van der Waals surface area contributed by atoms with Gasteiger partial charge in [0.25, 0.3) is 5.91 Å². The summed E-state index contributed by atoms with van der Waals surface area (Å²) in [5.74, 6) is 0.715. The minimum absolute atomic E-state index is 0.110. The van der Waals surface area contributed by atoms with E-state index in [9.17, 15) is 9.18 Å². The van der Waals surface area contributed by atoms with E-state index in [4.69, 9.17) is 16.3 Å². The molecule has 1 atom stereocenters. The molecule has 1 fully saturated rings. The molecule has 2 rings (SSSR count). The number of carbonyl (C=O) groups excluding carboxylic acids is 1. The predicted octanol–water partition coefficient (Wildman–Crippen LogP) is 2.73. The Labute approximate surface area is 120 Å². The zero-order chi connectivity index (χ0) is 13.9. The van der Waals surface area contributed by atoms with Crippen molar-refractivity contribution in [3.8, 4) is 0 Å². The summed E-state index contributed by atoms with van der Waals surface area (Å²) in [6.07, 6.45) is 0.874. The number of carbonyl (C=O) groups is 1. The number of thioether (sulfide) groups is 1. The number of benzene rings is 1. The minimum Gasteiger partial charge on any atom is -0.376 e. The molecule has 1 aromatic rings. The fraction of sp³-hybridized carbons (Fsp3) is 0.462. The van der Waals surface area contributed by atoms with Crippen LogP contribution in [0.4, 0.5) is 4.39 Å². The Morgan fingerprint density at radius 2 is 2.42 bits per heavy atom. The molecule has 1 aromatic carbocycles. The van der Waals surface area contributed by atoms with Crippen molar-refractivity contribution in [3.63, 3.8) is 0 Å². The van der Waals surface area contributed by atoms with E-state index in [1.54, 1.807) is 18.9 Å². The molecule has 3 nitrogen and oxygen atoms in total. The molecule has 19 heavy (non-hydrogen) atoms. The maximum Gasteiger partial charge on any atom is 0.255 e. The fourth-order valence-corrected chi connectivity index (χ4v) is 3.65. The van der Waals surface area contributed by atoms with Crippen molar-refractivity contribution in [2.24, 2.45) is 0 Å². The lowest BCUT2D eigenvalue weighted by atomic mass is 10.0. The predicted molar refractivity (Wildman–Crippen MR) is 75.4 cm³/mol. The van der Waals surface area contributed by atoms with Gasteiger partial charge >= 0.3 is 0 Å². The van der Waals surface area contributed by atoms with Crippen LogP contribution < -0.4 is 5.32 Å². The van der Waals surface area contributed by atoms with Crippen molar-refractivity contribution in [1.82, 2.24) is 5.32 Å². The van der Waals surface area contributed by atoms with E-state index in [1.165, 1.54) is 18.2 Å². The average molecular weight is 304 g/mol. The zero-order valence-electron chi connectivity index (χ0n) is 10.5. The van der Waals surface area contributed by atoms with Crippen LogP contribution in [0.25, 0.3) is 0 Å². The highest BCUT2D eigenvalue weighted by atomic mass is 35.5. The van der Waals surface area contributed by atoms with E-state index in [2.05, 4.69) is 5.32 Å². The molecule has 1 aliphatic heterocycles. The van der Waals surface area contributed by atoms with Crippen molar-refractivity contribution in [2.75, 3.05) is 25.2 Å². The van der Waals surface area contributed by atoms with Crippen LogP contribution >= 0.6 is 23.4 Å². The molecule has 0 saturated carbocycles. The van der Waals surface area contributed by atoms with Crippen LogP contribution in [0.5, 0.6) is 0 Å². The molecule has 1 amide bonds. The van der Waals surface area contributed by atoms with Crippen molar-refractivity contribution in [1.29, 1.82) is 0 Å². The molecule has 1 N–H and O–H groups in total. The number of halogens is 2. The summed E-state index contributed by atoms with van der Waals surface area (Å²) in [7, 11) is 1.63. The number of amides is 1. The summed E-state index contributed by atoms with van der Waals surface area (Å²) in [5.41, 5.74) is -0.459. The van der Waals surface area contributed by atoms with E-state index in [0.717, 1.165) is 17.9 Å². The number of nitrogens with one attached hydrogen (secondary N) is 1. The van der Waals surface area contributed by atoms with Crippen molar-refractivity contribution >= 4 is 29.3 Å². The summed E-state index contributed by atoms with van der Waals surface area (Å²) in [4.78, 5) is 12.0. The molecule has 1 aliphatic rings. The third-order valence-electron chi connectivity index (χ3n) is 3.26. The third-order valence-corrected chi connectivity index (χ3v) is 4.80. The minimum atomic E-state index is -0.614.